The summed E-state index contributed by atoms with van der Waals surface area (Å²) in [6.45, 7) is 1.80. The summed E-state index contributed by atoms with van der Waals surface area (Å²) < 4.78 is 6.19. The minimum absolute atomic E-state index is 0.0857. The van der Waals surface area contributed by atoms with Crippen molar-refractivity contribution in [1.29, 1.82) is 5.26 Å². The van der Waals surface area contributed by atoms with Crippen LogP contribution in [0.1, 0.15) is 16.7 Å². The highest BCUT2D eigenvalue weighted by Crippen LogP contribution is 2.28. The average molecular weight is 492 g/mol. The van der Waals surface area contributed by atoms with Crippen LogP contribution in [0.5, 0.6) is 5.75 Å². The van der Waals surface area contributed by atoms with Crippen LogP contribution >= 0.6 is 15.9 Å². The molecule has 0 atom stereocenters. The van der Waals surface area contributed by atoms with Crippen LogP contribution in [0.3, 0.4) is 0 Å². The van der Waals surface area contributed by atoms with Gasteiger partial charge >= 0.3 is 0 Å². The Balaban J connectivity index is 1.69. The van der Waals surface area contributed by atoms with Crippen LogP contribution in [0.15, 0.2) is 71.2 Å². The number of ether oxygens (including phenoxy) is 1. The predicted molar refractivity (Wildman–Crippen MR) is 126 cm³/mol. The van der Waals surface area contributed by atoms with Crippen molar-refractivity contribution < 1.29 is 14.5 Å². The zero-order chi connectivity index (χ0) is 23.1. The molecule has 0 radical (unpaired) electrons. The molecule has 0 unspecified atom stereocenters. The van der Waals surface area contributed by atoms with E-state index in [0.717, 1.165) is 5.56 Å². The molecule has 3 rings (SSSR count). The molecule has 3 aromatic carbocycles. The van der Waals surface area contributed by atoms with Gasteiger partial charge in [0, 0.05) is 17.8 Å². The Bertz CT molecular complexity index is 1230. The predicted octanol–water partition coefficient (Wildman–Crippen LogP) is 5.75. The first kappa shape index (κ1) is 22.7. The zero-order valence-electron chi connectivity index (χ0n) is 17.0. The molecular formula is C24H18BrN3O4. The number of non-ortho nitro benzene ring substituents is 1. The smallest absolute Gasteiger partial charge is 0.270 e. The van der Waals surface area contributed by atoms with Crippen LogP contribution in [0.4, 0.5) is 11.4 Å². The van der Waals surface area contributed by atoms with Gasteiger partial charge in [-0.25, -0.2) is 0 Å². The maximum absolute atomic E-state index is 12.1. The first-order valence-corrected chi connectivity index (χ1v) is 10.3. The SMILES string of the molecule is Cc1ccc(NC(=O)COc2ccc(/C=C(/C#N)c3cccc([N+](=O)[O-])c3)cc2Br)cc1. The van der Waals surface area contributed by atoms with Crippen LogP contribution in [-0.2, 0) is 4.79 Å². The highest BCUT2D eigenvalue weighted by Gasteiger charge is 2.10. The summed E-state index contributed by atoms with van der Waals surface area (Å²) in [7, 11) is 0. The second kappa shape index (κ2) is 10.4. The van der Waals surface area contributed by atoms with Crippen molar-refractivity contribution >= 4 is 44.9 Å². The topological polar surface area (TPSA) is 105 Å². The van der Waals surface area contributed by atoms with Crippen molar-refractivity contribution in [2.24, 2.45) is 0 Å². The van der Waals surface area contributed by atoms with Crippen LogP contribution in [0.2, 0.25) is 0 Å². The lowest BCUT2D eigenvalue weighted by Crippen LogP contribution is -2.20. The van der Waals surface area contributed by atoms with Gasteiger partial charge in [-0.15, -0.1) is 0 Å². The van der Waals surface area contributed by atoms with Crippen molar-refractivity contribution in [2.75, 3.05) is 11.9 Å². The standard InChI is InChI=1S/C24H18BrN3O4/c1-16-5-8-20(9-6-16)27-24(29)15-32-23-10-7-17(12-22(23)25)11-19(14-26)18-3-2-4-21(13-18)28(30)31/h2-13H,15H2,1H3,(H,27,29)/b19-11-. The van der Waals surface area contributed by atoms with Crippen LogP contribution in [-0.4, -0.2) is 17.4 Å². The molecule has 0 bridgehead atoms. The Hall–Kier alpha value is -3.96. The average Bonchev–Trinajstić information content (AvgIpc) is 2.78. The second-order valence-electron chi connectivity index (χ2n) is 6.87. The number of aryl methyl sites for hydroxylation is 1. The Morgan fingerprint density at radius 1 is 1.19 bits per heavy atom. The van der Waals surface area contributed by atoms with E-state index in [2.05, 4.69) is 27.3 Å². The first-order chi connectivity index (χ1) is 15.4. The molecule has 0 saturated heterocycles. The fourth-order valence-corrected chi connectivity index (χ4v) is 3.35. The summed E-state index contributed by atoms with van der Waals surface area (Å²) in [5, 5.41) is 23.3. The molecule has 1 N–H and O–H groups in total. The number of anilines is 1. The maximum atomic E-state index is 12.1. The minimum Gasteiger partial charge on any atom is -0.483 e. The highest BCUT2D eigenvalue weighted by atomic mass is 79.9. The van der Waals surface area contributed by atoms with E-state index in [1.165, 1.54) is 18.2 Å². The van der Waals surface area contributed by atoms with E-state index in [-0.39, 0.29) is 23.8 Å². The Labute approximate surface area is 193 Å². The second-order valence-corrected chi connectivity index (χ2v) is 7.72. The van der Waals surface area contributed by atoms with Gasteiger partial charge < -0.3 is 10.1 Å². The van der Waals surface area contributed by atoms with Gasteiger partial charge in [0.05, 0.1) is 21.0 Å². The summed E-state index contributed by atoms with van der Waals surface area (Å²) in [6.07, 6.45) is 1.62. The number of allylic oxidation sites excluding steroid dienone is 1. The van der Waals surface area contributed by atoms with Crippen molar-refractivity contribution in [1.82, 2.24) is 0 Å². The molecule has 0 aliphatic heterocycles. The highest BCUT2D eigenvalue weighted by molar-refractivity contribution is 9.10. The van der Waals surface area contributed by atoms with E-state index in [1.54, 1.807) is 30.3 Å². The quantitative estimate of drug-likeness (QED) is 0.196. The lowest BCUT2D eigenvalue weighted by atomic mass is 10.0. The van der Waals surface area contributed by atoms with E-state index in [4.69, 9.17) is 4.74 Å². The molecule has 0 heterocycles. The largest absolute Gasteiger partial charge is 0.483 e. The minimum atomic E-state index is -0.504. The number of rotatable bonds is 7. The number of nitro benzene ring substituents is 1. The van der Waals surface area contributed by atoms with Crippen molar-refractivity contribution in [3.8, 4) is 11.8 Å². The number of nitrogens with zero attached hydrogens (tertiary/aromatic N) is 2. The van der Waals surface area contributed by atoms with Gasteiger partial charge in [0.15, 0.2) is 6.61 Å². The molecule has 32 heavy (non-hydrogen) atoms. The lowest BCUT2D eigenvalue weighted by Gasteiger charge is -2.10. The van der Waals surface area contributed by atoms with E-state index in [9.17, 15) is 20.2 Å². The van der Waals surface area contributed by atoms with E-state index < -0.39 is 4.92 Å². The van der Waals surface area contributed by atoms with Crippen LogP contribution < -0.4 is 10.1 Å². The molecular weight excluding hydrogens is 474 g/mol. The third-order valence-corrected chi connectivity index (χ3v) is 5.07. The van der Waals surface area contributed by atoms with E-state index in [1.807, 2.05) is 31.2 Å². The fraction of sp³-hybridized carbons (Fsp3) is 0.0833. The van der Waals surface area contributed by atoms with Crippen molar-refractivity contribution in [3.05, 3.63) is 98.0 Å². The first-order valence-electron chi connectivity index (χ1n) is 9.51. The molecule has 0 saturated carbocycles. The van der Waals surface area contributed by atoms with Crippen LogP contribution in [0.25, 0.3) is 11.6 Å². The number of carbonyl (C=O) groups excluding carboxylic acids is 1. The molecule has 0 aromatic heterocycles. The van der Waals surface area contributed by atoms with Crippen LogP contribution in [0, 0.1) is 28.4 Å². The van der Waals surface area contributed by atoms with Gasteiger partial charge in [0.25, 0.3) is 11.6 Å². The van der Waals surface area contributed by atoms with Crippen molar-refractivity contribution in [2.45, 2.75) is 6.92 Å². The van der Waals surface area contributed by atoms with Gasteiger partial charge in [-0.3, -0.25) is 14.9 Å². The number of halogens is 1. The fourth-order valence-electron chi connectivity index (χ4n) is 2.84. The molecule has 0 aliphatic rings. The number of nitriles is 1. The van der Waals surface area contributed by atoms with Gasteiger partial charge in [-0.1, -0.05) is 35.9 Å². The number of hydrogen-bond acceptors (Lipinski definition) is 5. The normalized spacial score (nSPS) is 10.8. The van der Waals surface area contributed by atoms with Gasteiger partial charge in [-0.2, -0.15) is 5.26 Å². The number of amides is 1. The zero-order valence-corrected chi connectivity index (χ0v) is 18.6. The van der Waals surface area contributed by atoms with E-state index >= 15 is 0 Å². The van der Waals surface area contributed by atoms with Crippen molar-refractivity contribution in [3.63, 3.8) is 0 Å². The number of carbonyl (C=O) groups is 1. The summed E-state index contributed by atoms with van der Waals surface area (Å²) in [4.78, 5) is 22.6. The number of hydrogen-bond donors (Lipinski definition) is 1. The third kappa shape index (κ3) is 6.03. The molecule has 0 fully saturated rings. The molecule has 0 aliphatic carbocycles. The summed E-state index contributed by atoms with van der Waals surface area (Å²) in [6, 6.07) is 20.6. The Morgan fingerprint density at radius 3 is 2.59 bits per heavy atom. The van der Waals surface area contributed by atoms with Gasteiger partial charge in [-0.05, 0) is 64.3 Å². The Kier molecular flexibility index (Phi) is 7.37. The Morgan fingerprint density at radius 2 is 1.94 bits per heavy atom. The maximum Gasteiger partial charge on any atom is 0.270 e. The molecule has 1 amide bonds. The third-order valence-electron chi connectivity index (χ3n) is 4.45. The lowest BCUT2D eigenvalue weighted by molar-refractivity contribution is -0.384. The molecule has 8 heteroatoms. The summed E-state index contributed by atoms with van der Waals surface area (Å²) >= 11 is 3.41. The number of nitro groups is 1. The van der Waals surface area contributed by atoms with Gasteiger partial charge in [0.2, 0.25) is 0 Å². The molecule has 0 spiro atoms. The molecule has 3 aromatic rings. The summed E-state index contributed by atoms with van der Waals surface area (Å²) in [5.41, 5.74) is 3.13. The monoisotopic (exact) mass is 491 g/mol. The number of nitrogens with one attached hydrogen (secondary N) is 1. The molecule has 7 nitrogen and oxygen atoms in total. The van der Waals surface area contributed by atoms with E-state index in [0.29, 0.717) is 27.0 Å². The van der Waals surface area contributed by atoms with Gasteiger partial charge in [0.1, 0.15) is 5.75 Å². The molecule has 160 valence electrons. The number of benzene rings is 3. The summed E-state index contributed by atoms with van der Waals surface area (Å²) in [5.74, 6) is 0.178.